The van der Waals surface area contributed by atoms with Gasteiger partial charge in [0.25, 0.3) is 0 Å². The lowest BCUT2D eigenvalue weighted by atomic mass is 9.71. The Bertz CT molecular complexity index is 640. The van der Waals surface area contributed by atoms with E-state index in [1.54, 1.807) is 0 Å². The highest BCUT2D eigenvalue weighted by atomic mass is 19.4. The predicted octanol–water partition coefficient (Wildman–Crippen LogP) is 5.04. The van der Waals surface area contributed by atoms with Crippen molar-refractivity contribution in [3.8, 4) is 0 Å². The SMILES string of the molecule is C=C(C)C(=O)OC1(C)CCC(C(OC(=O)C(=C)C)(C(F)(F)F)C(F)(F)F)CC1. The van der Waals surface area contributed by atoms with Crippen molar-refractivity contribution in [1.29, 1.82) is 0 Å². The summed E-state index contributed by atoms with van der Waals surface area (Å²) in [5.74, 6) is -4.66. The van der Waals surface area contributed by atoms with Crippen molar-refractivity contribution in [2.45, 2.75) is 70.0 Å². The van der Waals surface area contributed by atoms with Crippen molar-refractivity contribution in [1.82, 2.24) is 0 Å². The summed E-state index contributed by atoms with van der Waals surface area (Å²) in [7, 11) is 0. The van der Waals surface area contributed by atoms with E-state index < -0.39 is 59.8 Å². The summed E-state index contributed by atoms with van der Waals surface area (Å²) >= 11 is 0. The van der Waals surface area contributed by atoms with Crippen LogP contribution >= 0.6 is 0 Å². The molecular formula is C18H22F6O4. The maximum absolute atomic E-state index is 13.7. The van der Waals surface area contributed by atoms with E-state index in [9.17, 15) is 35.9 Å². The molecule has 0 bridgehead atoms. The molecule has 0 atom stereocenters. The van der Waals surface area contributed by atoms with E-state index in [1.165, 1.54) is 13.8 Å². The second kappa shape index (κ2) is 7.79. The molecule has 0 aromatic carbocycles. The topological polar surface area (TPSA) is 52.6 Å². The fourth-order valence-electron chi connectivity index (χ4n) is 3.10. The number of halogens is 6. The Labute approximate surface area is 158 Å². The van der Waals surface area contributed by atoms with Gasteiger partial charge in [0.1, 0.15) is 5.60 Å². The smallest absolute Gasteiger partial charge is 0.437 e. The average molecular weight is 416 g/mol. The quantitative estimate of drug-likeness (QED) is 0.358. The molecule has 10 heteroatoms. The van der Waals surface area contributed by atoms with Crippen molar-refractivity contribution >= 4 is 11.9 Å². The maximum atomic E-state index is 13.7. The number of carbonyl (C=O) groups excluding carboxylic acids is 2. The first kappa shape index (κ1) is 24.0. The molecule has 160 valence electrons. The van der Waals surface area contributed by atoms with Crippen LogP contribution in [0.15, 0.2) is 24.3 Å². The third kappa shape index (κ3) is 4.70. The summed E-state index contributed by atoms with van der Waals surface area (Å²) in [5, 5.41) is 0. The first-order valence-electron chi connectivity index (χ1n) is 8.38. The number of carbonyl (C=O) groups is 2. The molecule has 1 rings (SSSR count). The van der Waals surface area contributed by atoms with E-state index >= 15 is 0 Å². The molecule has 1 saturated carbocycles. The minimum Gasteiger partial charge on any atom is -0.456 e. The van der Waals surface area contributed by atoms with Gasteiger partial charge in [0.15, 0.2) is 0 Å². The van der Waals surface area contributed by atoms with Crippen LogP contribution in [0.5, 0.6) is 0 Å². The fraction of sp³-hybridized carbons (Fsp3) is 0.667. The summed E-state index contributed by atoms with van der Waals surface area (Å²) in [5.41, 5.74) is -6.45. The molecular weight excluding hydrogens is 394 g/mol. The number of alkyl halides is 6. The third-order valence-electron chi connectivity index (χ3n) is 4.75. The second-order valence-electron chi connectivity index (χ2n) is 7.30. The van der Waals surface area contributed by atoms with E-state index in [0.717, 1.165) is 6.92 Å². The second-order valence-corrected chi connectivity index (χ2v) is 7.30. The summed E-state index contributed by atoms with van der Waals surface area (Å²) in [6, 6.07) is 0. The largest absolute Gasteiger partial charge is 0.456 e. The van der Waals surface area contributed by atoms with Crippen molar-refractivity contribution in [2.75, 3.05) is 0 Å². The van der Waals surface area contributed by atoms with Crippen LogP contribution in [0.4, 0.5) is 26.3 Å². The number of hydrogen-bond acceptors (Lipinski definition) is 4. The van der Waals surface area contributed by atoms with E-state index in [-0.39, 0.29) is 18.4 Å². The van der Waals surface area contributed by atoms with E-state index in [1.807, 2.05) is 0 Å². The minimum absolute atomic E-state index is 0.0543. The monoisotopic (exact) mass is 416 g/mol. The Morgan fingerprint density at radius 1 is 0.893 bits per heavy atom. The Morgan fingerprint density at radius 2 is 1.29 bits per heavy atom. The van der Waals surface area contributed by atoms with Crippen LogP contribution in [0.3, 0.4) is 0 Å². The van der Waals surface area contributed by atoms with E-state index in [0.29, 0.717) is 0 Å². The van der Waals surface area contributed by atoms with E-state index in [2.05, 4.69) is 17.9 Å². The molecule has 0 amide bonds. The van der Waals surface area contributed by atoms with Crippen LogP contribution in [-0.2, 0) is 19.1 Å². The van der Waals surface area contributed by atoms with Crippen LogP contribution in [0.1, 0.15) is 46.5 Å². The minimum atomic E-state index is -5.90. The molecule has 0 spiro atoms. The highest BCUT2D eigenvalue weighted by Crippen LogP contribution is 2.55. The molecule has 0 saturated heterocycles. The number of esters is 2. The van der Waals surface area contributed by atoms with Gasteiger partial charge in [-0.2, -0.15) is 26.3 Å². The highest BCUT2D eigenvalue weighted by molar-refractivity contribution is 5.87. The lowest BCUT2D eigenvalue weighted by Gasteiger charge is -2.46. The molecule has 0 heterocycles. The zero-order valence-corrected chi connectivity index (χ0v) is 15.7. The molecule has 0 aromatic heterocycles. The molecule has 0 radical (unpaired) electrons. The Morgan fingerprint density at radius 3 is 1.61 bits per heavy atom. The van der Waals surface area contributed by atoms with Crippen LogP contribution in [0.2, 0.25) is 0 Å². The standard InChI is InChI=1S/C18H22F6O4/c1-10(2)13(25)27-15(5)8-6-12(7-9-15)16(17(19,20)21,18(22,23)24)28-14(26)11(3)4/h12H,1,3,6-9H2,2,4-5H3. The van der Waals surface area contributed by atoms with Gasteiger partial charge in [-0.05, 0) is 46.5 Å². The van der Waals surface area contributed by atoms with Crippen LogP contribution in [0, 0.1) is 5.92 Å². The molecule has 0 N–H and O–H groups in total. The summed E-state index contributed by atoms with van der Waals surface area (Å²) in [6.07, 6.45) is -13.6. The molecule has 0 aliphatic heterocycles. The lowest BCUT2D eigenvalue weighted by Crippen LogP contribution is -2.65. The van der Waals surface area contributed by atoms with Gasteiger partial charge in [0, 0.05) is 17.1 Å². The normalized spacial score (nSPS) is 23.7. The van der Waals surface area contributed by atoms with Gasteiger partial charge in [-0.3, -0.25) is 0 Å². The number of ether oxygens (including phenoxy) is 2. The Balaban J connectivity index is 3.24. The summed E-state index contributed by atoms with van der Waals surface area (Å²) in [6.45, 7) is 10.2. The number of hydrogen-bond donors (Lipinski definition) is 0. The maximum Gasteiger partial charge on any atom is 0.437 e. The highest BCUT2D eigenvalue weighted by Gasteiger charge is 2.77. The third-order valence-corrected chi connectivity index (χ3v) is 4.75. The molecule has 1 fully saturated rings. The Kier molecular flexibility index (Phi) is 6.69. The van der Waals surface area contributed by atoms with Gasteiger partial charge in [-0.15, -0.1) is 0 Å². The number of rotatable bonds is 5. The average Bonchev–Trinajstić information content (AvgIpc) is 2.50. The predicted molar refractivity (Wildman–Crippen MR) is 87.0 cm³/mol. The molecule has 4 nitrogen and oxygen atoms in total. The van der Waals surface area contributed by atoms with Gasteiger partial charge >= 0.3 is 29.9 Å². The van der Waals surface area contributed by atoms with Crippen molar-refractivity contribution in [3.63, 3.8) is 0 Å². The first-order chi connectivity index (χ1) is 12.5. The zero-order chi connectivity index (χ0) is 22.1. The van der Waals surface area contributed by atoms with E-state index in [4.69, 9.17) is 4.74 Å². The van der Waals surface area contributed by atoms with Crippen LogP contribution in [-0.4, -0.2) is 35.5 Å². The van der Waals surface area contributed by atoms with Gasteiger partial charge in [0.05, 0.1) is 0 Å². The fourth-order valence-corrected chi connectivity index (χ4v) is 3.10. The molecule has 0 aromatic rings. The van der Waals surface area contributed by atoms with Crippen molar-refractivity contribution in [2.24, 2.45) is 5.92 Å². The molecule has 28 heavy (non-hydrogen) atoms. The molecule has 1 aliphatic carbocycles. The first-order valence-corrected chi connectivity index (χ1v) is 8.38. The molecule has 0 unspecified atom stereocenters. The lowest BCUT2D eigenvalue weighted by molar-refractivity contribution is -0.388. The van der Waals surface area contributed by atoms with Gasteiger partial charge in [-0.1, -0.05) is 13.2 Å². The Hall–Kier alpha value is -2.00. The zero-order valence-electron chi connectivity index (χ0n) is 15.7. The van der Waals surface area contributed by atoms with Crippen LogP contribution in [0.25, 0.3) is 0 Å². The molecule has 1 aliphatic rings. The van der Waals surface area contributed by atoms with Crippen molar-refractivity contribution < 1.29 is 45.4 Å². The van der Waals surface area contributed by atoms with Gasteiger partial charge < -0.3 is 9.47 Å². The summed E-state index contributed by atoms with van der Waals surface area (Å²) in [4.78, 5) is 23.3. The summed E-state index contributed by atoms with van der Waals surface area (Å²) < 4.78 is 91.2. The van der Waals surface area contributed by atoms with Gasteiger partial charge in [0.2, 0.25) is 0 Å². The van der Waals surface area contributed by atoms with Gasteiger partial charge in [-0.25, -0.2) is 9.59 Å². The van der Waals surface area contributed by atoms with Crippen molar-refractivity contribution in [3.05, 3.63) is 24.3 Å². The van der Waals surface area contributed by atoms with Crippen LogP contribution < -0.4 is 0 Å².